The van der Waals surface area contributed by atoms with E-state index < -0.39 is 9.89 Å². The number of urea groups is 1. The van der Waals surface area contributed by atoms with E-state index in [-0.39, 0.29) is 23.5 Å². The number of rotatable bonds is 12. The van der Waals surface area contributed by atoms with Crippen molar-refractivity contribution in [3.63, 3.8) is 0 Å². The fourth-order valence-electron chi connectivity index (χ4n) is 8.00. The number of nitrogens with zero attached hydrogens (tertiary/aromatic N) is 8. The molecule has 0 fully saturated rings. The van der Waals surface area contributed by atoms with E-state index >= 15 is 0 Å². The van der Waals surface area contributed by atoms with Crippen molar-refractivity contribution in [2.45, 2.75) is 83.2 Å². The van der Waals surface area contributed by atoms with Crippen LogP contribution in [-0.2, 0) is 28.8 Å². The molecule has 10 aromatic rings. The smallest absolute Gasteiger partial charge is 0.412 e. The zero-order valence-corrected chi connectivity index (χ0v) is 48.9. The average molecular weight is 1160 g/mol. The first-order chi connectivity index (χ1) is 39.1. The van der Waals surface area contributed by atoms with E-state index in [1.54, 1.807) is 52.6 Å². The number of nitrogen functional groups attached to an aromatic ring is 1. The quantitative estimate of drug-likeness (QED) is 0.0665. The minimum Gasteiger partial charge on any atom is -0.488 e. The Morgan fingerprint density at radius 2 is 1.00 bits per heavy atom. The molecule has 4 aromatic carbocycles. The maximum atomic E-state index is 13.2. The van der Waals surface area contributed by atoms with Crippen LogP contribution in [0.25, 0.3) is 32.9 Å². The molecule has 17 nitrogen and oxygen atoms in total. The van der Waals surface area contributed by atoms with Crippen LogP contribution >= 0.6 is 34.8 Å². The first kappa shape index (κ1) is 59.4. The highest BCUT2D eigenvalue weighted by molar-refractivity contribution is 6.67. The van der Waals surface area contributed by atoms with E-state index in [2.05, 4.69) is 61.8 Å². The Labute approximate surface area is 491 Å². The van der Waals surface area contributed by atoms with Gasteiger partial charge in [0.1, 0.15) is 43.0 Å². The van der Waals surface area contributed by atoms with Gasteiger partial charge in [0.15, 0.2) is 0 Å². The Bertz CT molecular complexity index is 3770. The Balaban J connectivity index is 0.000000172. The van der Waals surface area contributed by atoms with E-state index in [1.807, 2.05) is 162 Å². The van der Waals surface area contributed by atoms with Crippen molar-refractivity contribution in [1.82, 2.24) is 39.5 Å². The molecular formula is C62H63Cl3N12O5. The molecule has 0 aliphatic heterocycles. The van der Waals surface area contributed by atoms with Gasteiger partial charge in [-0.15, -0.1) is 0 Å². The van der Waals surface area contributed by atoms with Gasteiger partial charge in [-0.3, -0.25) is 30.6 Å². The summed E-state index contributed by atoms with van der Waals surface area (Å²) < 4.78 is 18.5. The number of hydrogen-bond acceptors (Lipinski definition) is 12. The van der Waals surface area contributed by atoms with Crippen molar-refractivity contribution in [3.05, 3.63) is 205 Å². The number of nitrogens with one attached hydrogen (secondary N) is 3. The molecule has 10 rings (SSSR count). The summed E-state index contributed by atoms with van der Waals surface area (Å²) >= 11 is 16.8. The summed E-state index contributed by atoms with van der Waals surface area (Å²) in [5, 5.41) is 21.8. The van der Waals surface area contributed by atoms with E-state index in [0.717, 1.165) is 78.3 Å². The molecule has 0 spiro atoms. The molecule has 5 N–H and O–H groups in total. The number of aromatic nitrogens is 8. The molecule has 20 heteroatoms. The summed E-state index contributed by atoms with van der Waals surface area (Å²) in [6.45, 7) is 16.7. The third-order valence-electron chi connectivity index (χ3n) is 12.4. The van der Waals surface area contributed by atoms with Gasteiger partial charge in [-0.05, 0) is 97.8 Å². The van der Waals surface area contributed by atoms with Gasteiger partial charge in [0.25, 0.3) is 0 Å². The lowest BCUT2D eigenvalue weighted by Gasteiger charge is -2.14. The Kier molecular flexibility index (Phi) is 19.0. The normalized spacial score (nSPS) is 11.4. The summed E-state index contributed by atoms with van der Waals surface area (Å²) in [7, 11) is 0. The third-order valence-corrected chi connectivity index (χ3v) is 12.7. The Morgan fingerprint density at radius 1 is 0.549 bits per heavy atom. The minimum atomic E-state index is -1.67. The molecule has 0 aliphatic carbocycles. The number of halogens is 3. The van der Waals surface area contributed by atoms with Gasteiger partial charge in [0.2, 0.25) is 3.79 Å². The first-order valence-electron chi connectivity index (χ1n) is 26.1. The van der Waals surface area contributed by atoms with Crippen LogP contribution < -0.4 is 31.2 Å². The number of benzene rings is 4. The second-order valence-electron chi connectivity index (χ2n) is 21.0. The number of aryl methyl sites for hydroxylation is 2. The number of pyridine rings is 4. The standard InChI is InChI=1S/C30H30N6O2.C16H19Cl3N4O2.C16H14N2O/c1-20-9-10-22(18-32-20)36-28(17-27(35-36)30(2,3)4)34-29(37)33-25-11-12-26(24-8-6-5-7-23(24)25)38-19-21-13-15-31-16-14-21;1-10-5-6-11(8-20-10)23-13(7-12(22-23)15(2,3)4)21-14(24)25-9-16(17,18)19;17-15-5-6-16(14-4-2-1-3-13(14)15)19-11-12-7-9-18-10-8-12/h5-18H,19H2,1-4H3,(H2,33,34,37);5-8H,9H2,1-4H3,(H,21,24);1-10H,11,17H2. The summed E-state index contributed by atoms with van der Waals surface area (Å²) in [6, 6.07) is 41.9. The molecule has 422 valence electrons. The predicted octanol–water partition coefficient (Wildman–Crippen LogP) is 14.8. The van der Waals surface area contributed by atoms with Gasteiger partial charge in [-0.1, -0.05) is 125 Å². The topological polar surface area (TPSA) is 211 Å². The Hall–Kier alpha value is -8.77. The van der Waals surface area contributed by atoms with E-state index in [4.69, 9.17) is 59.8 Å². The number of hydrogen-bond donors (Lipinski definition) is 4. The maximum Gasteiger partial charge on any atom is 0.412 e. The average Bonchev–Trinajstić information content (AvgIpc) is 4.03. The summed E-state index contributed by atoms with van der Waals surface area (Å²) in [5.74, 6) is 2.58. The highest BCUT2D eigenvalue weighted by atomic mass is 35.6. The van der Waals surface area contributed by atoms with Crippen LogP contribution in [0, 0.1) is 13.8 Å². The van der Waals surface area contributed by atoms with Gasteiger partial charge in [0, 0.05) is 86.4 Å². The van der Waals surface area contributed by atoms with E-state index in [9.17, 15) is 9.59 Å². The zero-order chi connectivity index (χ0) is 58.6. The number of anilines is 4. The van der Waals surface area contributed by atoms with Crippen LogP contribution in [0.4, 0.5) is 32.6 Å². The van der Waals surface area contributed by atoms with Crippen LogP contribution in [0.2, 0.25) is 0 Å². The second-order valence-corrected chi connectivity index (χ2v) is 23.5. The SMILES string of the molecule is Cc1ccc(-n2nc(C(C)(C)C)cc2NC(=O)Nc2ccc(OCc3ccncc3)c3ccccc23)cn1.Cc1ccc(-n2nc(C(C)(C)C)cc2NC(=O)OCC(Cl)(Cl)Cl)cn1.Nc1ccc(OCc2ccncc2)c2ccccc12. The van der Waals surface area contributed by atoms with Crippen molar-refractivity contribution in [2.75, 3.05) is 28.3 Å². The summed E-state index contributed by atoms with van der Waals surface area (Å²) in [6.07, 6.45) is 9.69. The number of carbonyl (C=O) groups excluding carboxylic acids is 2. The van der Waals surface area contributed by atoms with Crippen LogP contribution in [-0.4, -0.2) is 62.0 Å². The number of carbonyl (C=O) groups is 2. The maximum absolute atomic E-state index is 13.2. The number of nitrogens with two attached hydrogens (primary N) is 1. The summed E-state index contributed by atoms with van der Waals surface area (Å²) in [4.78, 5) is 41.9. The first-order valence-corrected chi connectivity index (χ1v) is 27.2. The Morgan fingerprint density at radius 3 is 1.46 bits per heavy atom. The highest BCUT2D eigenvalue weighted by Crippen LogP contribution is 2.34. The van der Waals surface area contributed by atoms with Crippen molar-refractivity contribution in [2.24, 2.45) is 0 Å². The molecule has 0 aliphatic rings. The van der Waals surface area contributed by atoms with Crippen LogP contribution in [0.5, 0.6) is 11.5 Å². The van der Waals surface area contributed by atoms with Gasteiger partial charge in [-0.2, -0.15) is 10.2 Å². The van der Waals surface area contributed by atoms with Crippen LogP contribution in [0.15, 0.2) is 171 Å². The lowest BCUT2D eigenvalue weighted by molar-refractivity contribution is 0.163. The highest BCUT2D eigenvalue weighted by Gasteiger charge is 2.26. The molecule has 0 bridgehead atoms. The molecule has 3 amide bonds. The zero-order valence-electron chi connectivity index (χ0n) is 46.6. The third kappa shape index (κ3) is 16.2. The van der Waals surface area contributed by atoms with Crippen LogP contribution in [0.1, 0.15) is 75.4 Å². The van der Waals surface area contributed by atoms with Gasteiger partial charge in [-0.25, -0.2) is 19.0 Å². The number of fused-ring (bicyclic) bond motifs is 2. The fourth-order valence-corrected chi connectivity index (χ4v) is 8.17. The molecule has 82 heavy (non-hydrogen) atoms. The monoisotopic (exact) mass is 1160 g/mol. The molecule has 0 radical (unpaired) electrons. The minimum absolute atomic E-state index is 0.196. The lowest BCUT2D eigenvalue weighted by Crippen LogP contribution is -2.22. The molecule has 0 atom stereocenters. The van der Waals surface area contributed by atoms with Gasteiger partial charge in [0.05, 0.1) is 40.8 Å². The van der Waals surface area contributed by atoms with Crippen molar-refractivity contribution in [3.8, 4) is 22.9 Å². The van der Waals surface area contributed by atoms with E-state index in [0.29, 0.717) is 36.2 Å². The molecule has 6 aromatic heterocycles. The van der Waals surface area contributed by atoms with Crippen molar-refractivity contribution < 1.29 is 23.8 Å². The predicted molar refractivity (Wildman–Crippen MR) is 327 cm³/mol. The number of alkyl halides is 3. The molecular weight excluding hydrogens is 1100 g/mol. The van der Waals surface area contributed by atoms with Gasteiger partial charge < -0.3 is 25.3 Å². The molecule has 0 saturated carbocycles. The van der Waals surface area contributed by atoms with Crippen molar-refractivity contribution in [1.29, 1.82) is 0 Å². The molecule has 0 saturated heterocycles. The van der Waals surface area contributed by atoms with Crippen molar-refractivity contribution >= 4 is 91.5 Å². The number of ether oxygens (including phenoxy) is 3. The van der Waals surface area contributed by atoms with Crippen LogP contribution in [0.3, 0.4) is 0 Å². The lowest BCUT2D eigenvalue weighted by atomic mass is 9.92. The second kappa shape index (κ2) is 26.2. The van der Waals surface area contributed by atoms with E-state index in [1.165, 1.54) is 0 Å². The molecule has 0 unspecified atom stereocenters. The summed E-state index contributed by atoms with van der Waals surface area (Å²) in [5.41, 5.74) is 14.0. The molecule has 6 heterocycles. The van der Waals surface area contributed by atoms with Gasteiger partial charge >= 0.3 is 12.1 Å². The number of amides is 3. The fraction of sp³-hybridized carbons (Fsp3) is 0.226. The largest absolute Gasteiger partial charge is 0.488 e.